The third-order valence-corrected chi connectivity index (χ3v) is 3.31. The van der Waals surface area contributed by atoms with E-state index in [1.165, 1.54) is 0 Å². The highest BCUT2D eigenvalue weighted by molar-refractivity contribution is 6.08. The number of imidazole rings is 1. The van der Waals surface area contributed by atoms with Crippen molar-refractivity contribution >= 4 is 28.3 Å². The van der Waals surface area contributed by atoms with E-state index in [9.17, 15) is 4.79 Å². The van der Waals surface area contributed by atoms with Crippen LogP contribution in [-0.2, 0) is 0 Å². The fourth-order valence-corrected chi connectivity index (χ4v) is 2.28. The van der Waals surface area contributed by atoms with Crippen molar-refractivity contribution in [3.05, 3.63) is 53.3 Å². The lowest BCUT2D eigenvalue weighted by molar-refractivity contribution is 0.102. The highest BCUT2D eigenvalue weighted by Gasteiger charge is 2.11. The van der Waals surface area contributed by atoms with Crippen LogP contribution in [0.5, 0.6) is 0 Å². The smallest absolute Gasteiger partial charge is 0.257 e. The lowest BCUT2D eigenvalue weighted by Crippen LogP contribution is -2.14. The van der Waals surface area contributed by atoms with Gasteiger partial charge in [-0.1, -0.05) is 11.6 Å². The van der Waals surface area contributed by atoms with Crippen molar-refractivity contribution in [3.8, 4) is 0 Å². The van der Waals surface area contributed by atoms with Crippen LogP contribution in [-0.4, -0.2) is 15.9 Å². The molecule has 106 valence electrons. The molecule has 1 aromatic heterocycles. The number of nitrogens with one attached hydrogen (secondary N) is 2. The number of aromatic nitrogens is 2. The summed E-state index contributed by atoms with van der Waals surface area (Å²) in [5.41, 5.74) is 10.3. The number of H-pyrrole nitrogens is 1. The molecule has 0 radical (unpaired) electrons. The largest absolute Gasteiger partial charge is 0.398 e. The monoisotopic (exact) mass is 280 g/mol. The van der Waals surface area contributed by atoms with Gasteiger partial charge in [-0.15, -0.1) is 0 Å². The van der Waals surface area contributed by atoms with Crippen molar-refractivity contribution in [2.45, 2.75) is 13.8 Å². The van der Waals surface area contributed by atoms with Crippen molar-refractivity contribution in [3.63, 3.8) is 0 Å². The molecule has 0 saturated heterocycles. The van der Waals surface area contributed by atoms with Gasteiger partial charge in [-0.2, -0.15) is 0 Å². The number of hydrogen-bond donors (Lipinski definition) is 3. The molecule has 0 fully saturated rings. The number of rotatable bonds is 2. The van der Waals surface area contributed by atoms with Crippen molar-refractivity contribution in [1.29, 1.82) is 0 Å². The Morgan fingerprint density at radius 2 is 2.00 bits per heavy atom. The first-order valence-corrected chi connectivity index (χ1v) is 6.67. The van der Waals surface area contributed by atoms with Crippen LogP contribution in [0.15, 0.2) is 36.4 Å². The van der Waals surface area contributed by atoms with E-state index in [0.29, 0.717) is 16.9 Å². The fraction of sp³-hybridized carbons (Fsp3) is 0.125. The number of nitrogens with two attached hydrogens (primary N) is 1. The van der Waals surface area contributed by atoms with E-state index >= 15 is 0 Å². The summed E-state index contributed by atoms with van der Waals surface area (Å²) in [5.74, 6) is 0.628. The van der Waals surface area contributed by atoms with Gasteiger partial charge in [0.05, 0.1) is 16.6 Å². The molecule has 21 heavy (non-hydrogen) atoms. The average molecular weight is 280 g/mol. The quantitative estimate of drug-likeness (QED) is 0.631. The minimum absolute atomic E-state index is 0.216. The molecule has 1 heterocycles. The van der Waals surface area contributed by atoms with Gasteiger partial charge in [0.1, 0.15) is 5.82 Å². The van der Waals surface area contributed by atoms with Crippen LogP contribution in [0.25, 0.3) is 11.0 Å². The number of fused-ring (bicyclic) bond motifs is 1. The van der Waals surface area contributed by atoms with E-state index in [4.69, 9.17) is 5.73 Å². The second kappa shape index (κ2) is 4.94. The van der Waals surface area contributed by atoms with E-state index in [1.54, 1.807) is 12.1 Å². The fourth-order valence-electron chi connectivity index (χ4n) is 2.28. The SMILES string of the molecule is Cc1ccc(N)c(C(=O)Nc2ccc3nc(C)[nH]c3c2)c1. The highest BCUT2D eigenvalue weighted by Crippen LogP contribution is 2.20. The summed E-state index contributed by atoms with van der Waals surface area (Å²) in [4.78, 5) is 19.8. The van der Waals surface area contributed by atoms with Crippen molar-refractivity contribution in [2.75, 3.05) is 11.1 Å². The number of hydrogen-bond acceptors (Lipinski definition) is 3. The predicted molar refractivity (Wildman–Crippen MR) is 84.4 cm³/mol. The predicted octanol–water partition coefficient (Wildman–Crippen LogP) is 3.01. The van der Waals surface area contributed by atoms with Gasteiger partial charge in [0, 0.05) is 11.4 Å². The molecular weight excluding hydrogens is 264 g/mol. The van der Waals surface area contributed by atoms with Crippen molar-refractivity contribution in [2.24, 2.45) is 0 Å². The van der Waals surface area contributed by atoms with Crippen LogP contribution in [0.4, 0.5) is 11.4 Å². The van der Waals surface area contributed by atoms with Gasteiger partial charge >= 0.3 is 0 Å². The Morgan fingerprint density at radius 1 is 1.19 bits per heavy atom. The number of carbonyl (C=O) groups excluding carboxylic acids is 1. The lowest BCUT2D eigenvalue weighted by atomic mass is 10.1. The Labute approximate surface area is 122 Å². The van der Waals surface area contributed by atoms with E-state index in [-0.39, 0.29) is 5.91 Å². The molecule has 2 aromatic carbocycles. The van der Waals surface area contributed by atoms with Crippen LogP contribution < -0.4 is 11.1 Å². The average Bonchev–Trinajstić information content (AvgIpc) is 2.80. The van der Waals surface area contributed by atoms with Gasteiger partial charge < -0.3 is 16.0 Å². The van der Waals surface area contributed by atoms with Crippen LogP contribution in [0.3, 0.4) is 0 Å². The van der Waals surface area contributed by atoms with E-state index in [0.717, 1.165) is 22.4 Å². The Hall–Kier alpha value is -2.82. The van der Waals surface area contributed by atoms with E-state index in [2.05, 4.69) is 15.3 Å². The number of anilines is 2. The number of benzene rings is 2. The maximum absolute atomic E-state index is 12.3. The van der Waals surface area contributed by atoms with Crippen LogP contribution >= 0.6 is 0 Å². The summed E-state index contributed by atoms with van der Waals surface area (Å²) in [6.07, 6.45) is 0. The summed E-state index contributed by atoms with van der Waals surface area (Å²) in [6.45, 7) is 3.82. The normalized spacial score (nSPS) is 10.8. The van der Waals surface area contributed by atoms with Gasteiger partial charge in [0.25, 0.3) is 5.91 Å². The first-order valence-electron chi connectivity index (χ1n) is 6.67. The zero-order valence-corrected chi connectivity index (χ0v) is 11.9. The number of nitrogens with zero attached hydrogens (tertiary/aromatic N) is 1. The maximum Gasteiger partial charge on any atom is 0.257 e. The number of aryl methyl sites for hydroxylation is 2. The van der Waals surface area contributed by atoms with Crippen LogP contribution in [0, 0.1) is 13.8 Å². The molecule has 0 atom stereocenters. The maximum atomic E-state index is 12.3. The zero-order chi connectivity index (χ0) is 15.0. The summed E-state index contributed by atoms with van der Waals surface area (Å²) in [5, 5.41) is 2.86. The first-order chi connectivity index (χ1) is 10.0. The highest BCUT2D eigenvalue weighted by atomic mass is 16.1. The molecule has 3 aromatic rings. The standard InChI is InChI=1S/C16H16N4O/c1-9-3-5-13(17)12(7-9)16(21)20-11-4-6-14-15(8-11)19-10(2)18-14/h3-8H,17H2,1-2H3,(H,18,19)(H,20,21). The molecule has 0 bridgehead atoms. The molecule has 5 nitrogen and oxygen atoms in total. The molecule has 3 rings (SSSR count). The van der Waals surface area contributed by atoms with E-state index < -0.39 is 0 Å². The van der Waals surface area contributed by atoms with Gasteiger partial charge in [-0.3, -0.25) is 4.79 Å². The molecule has 0 aliphatic carbocycles. The molecule has 0 saturated carbocycles. The minimum Gasteiger partial charge on any atom is -0.398 e. The molecule has 5 heteroatoms. The lowest BCUT2D eigenvalue weighted by Gasteiger charge is -2.08. The topological polar surface area (TPSA) is 83.8 Å². The number of aromatic amines is 1. The molecule has 0 spiro atoms. The molecule has 4 N–H and O–H groups in total. The van der Waals surface area contributed by atoms with Crippen LogP contribution in [0.1, 0.15) is 21.7 Å². The summed E-state index contributed by atoms with van der Waals surface area (Å²) in [7, 11) is 0. The summed E-state index contributed by atoms with van der Waals surface area (Å²) >= 11 is 0. The van der Waals surface area contributed by atoms with Gasteiger partial charge in [-0.05, 0) is 44.2 Å². The zero-order valence-electron chi connectivity index (χ0n) is 11.9. The summed E-state index contributed by atoms with van der Waals surface area (Å²) in [6, 6.07) is 11.0. The number of amides is 1. The Balaban J connectivity index is 1.90. The van der Waals surface area contributed by atoms with Gasteiger partial charge in [0.2, 0.25) is 0 Å². The van der Waals surface area contributed by atoms with Gasteiger partial charge in [0.15, 0.2) is 0 Å². The van der Waals surface area contributed by atoms with E-state index in [1.807, 2.05) is 38.1 Å². The minimum atomic E-state index is -0.216. The molecule has 0 unspecified atom stereocenters. The van der Waals surface area contributed by atoms with Gasteiger partial charge in [-0.25, -0.2) is 4.98 Å². The third kappa shape index (κ3) is 2.58. The molecular formula is C16H16N4O. The molecule has 1 amide bonds. The Morgan fingerprint density at radius 3 is 2.81 bits per heavy atom. The second-order valence-electron chi connectivity index (χ2n) is 5.10. The Kier molecular flexibility index (Phi) is 3.10. The summed E-state index contributed by atoms with van der Waals surface area (Å²) < 4.78 is 0. The van der Waals surface area contributed by atoms with Crippen molar-refractivity contribution < 1.29 is 4.79 Å². The molecule has 0 aliphatic heterocycles. The van der Waals surface area contributed by atoms with Crippen LogP contribution in [0.2, 0.25) is 0 Å². The number of nitrogen functional groups attached to an aromatic ring is 1. The third-order valence-electron chi connectivity index (χ3n) is 3.31. The molecule has 0 aliphatic rings. The van der Waals surface area contributed by atoms with Crippen molar-refractivity contribution in [1.82, 2.24) is 9.97 Å². The second-order valence-corrected chi connectivity index (χ2v) is 5.10. The first kappa shape index (κ1) is 13.2. The Bertz CT molecular complexity index is 835. The number of carbonyl (C=O) groups is 1.